The van der Waals surface area contributed by atoms with Crippen molar-refractivity contribution in [1.29, 1.82) is 0 Å². The van der Waals surface area contributed by atoms with E-state index in [0.29, 0.717) is 11.5 Å². The SMILES string of the molecule is Nc1ccc(C(=O)N2[C@@H]3CC[C@H]2CC(c2ccc(F)cc2)C3)cc1F. The topological polar surface area (TPSA) is 46.3 Å². The summed E-state index contributed by atoms with van der Waals surface area (Å²) in [5, 5.41) is 0. The average Bonchev–Trinajstić information content (AvgIpc) is 2.87. The van der Waals surface area contributed by atoms with Crippen LogP contribution in [0.4, 0.5) is 14.5 Å². The molecule has 2 fully saturated rings. The number of hydrogen-bond donors (Lipinski definition) is 1. The van der Waals surface area contributed by atoms with Crippen molar-refractivity contribution in [3.05, 3.63) is 65.2 Å². The molecule has 130 valence electrons. The minimum Gasteiger partial charge on any atom is -0.396 e. The summed E-state index contributed by atoms with van der Waals surface area (Å²) in [5.41, 5.74) is 7.03. The maximum absolute atomic E-state index is 13.7. The first-order valence-corrected chi connectivity index (χ1v) is 8.66. The van der Waals surface area contributed by atoms with Gasteiger partial charge in [-0.1, -0.05) is 12.1 Å². The smallest absolute Gasteiger partial charge is 0.254 e. The fourth-order valence-corrected chi connectivity index (χ4v) is 4.32. The Bertz CT molecular complexity index is 792. The van der Waals surface area contributed by atoms with Crippen LogP contribution in [-0.2, 0) is 0 Å². The Morgan fingerprint density at radius 2 is 1.64 bits per heavy atom. The Kier molecular flexibility index (Phi) is 3.94. The lowest BCUT2D eigenvalue weighted by molar-refractivity contribution is 0.0571. The fraction of sp³-hybridized carbons (Fsp3) is 0.350. The number of rotatable bonds is 2. The molecule has 2 bridgehead atoms. The molecule has 2 heterocycles. The van der Waals surface area contributed by atoms with Crippen molar-refractivity contribution in [2.24, 2.45) is 0 Å². The third-order valence-electron chi connectivity index (χ3n) is 5.56. The first-order valence-electron chi connectivity index (χ1n) is 8.66. The first kappa shape index (κ1) is 16.1. The molecule has 3 nitrogen and oxygen atoms in total. The van der Waals surface area contributed by atoms with Crippen LogP contribution in [0, 0.1) is 11.6 Å². The number of anilines is 1. The predicted octanol–water partition coefficient (Wildman–Crippen LogP) is 4.10. The van der Waals surface area contributed by atoms with Crippen LogP contribution in [0.3, 0.4) is 0 Å². The van der Waals surface area contributed by atoms with Gasteiger partial charge in [0.2, 0.25) is 0 Å². The molecule has 0 aliphatic carbocycles. The second-order valence-electron chi connectivity index (χ2n) is 7.05. The molecule has 2 aromatic rings. The summed E-state index contributed by atoms with van der Waals surface area (Å²) in [6.45, 7) is 0. The van der Waals surface area contributed by atoms with E-state index in [2.05, 4.69) is 0 Å². The quantitative estimate of drug-likeness (QED) is 0.835. The Balaban J connectivity index is 1.55. The maximum Gasteiger partial charge on any atom is 0.254 e. The van der Waals surface area contributed by atoms with Crippen LogP contribution in [0.2, 0.25) is 0 Å². The third-order valence-corrected chi connectivity index (χ3v) is 5.56. The summed E-state index contributed by atoms with van der Waals surface area (Å²) < 4.78 is 26.9. The molecular formula is C20H20F2N2O. The Morgan fingerprint density at radius 1 is 1.00 bits per heavy atom. The highest BCUT2D eigenvalue weighted by molar-refractivity contribution is 5.95. The number of nitrogen functional groups attached to an aromatic ring is 1. The van der Waals surface area contributed by atoms with Crippen molar-refractivity contribution in [2.45, 2.75) is 43.7 Å². The Morgan fingerprint density at radius 3 is 2.24 bits per heavy atom. The second-order valence-corrected chi connectivity index (χ2v) is 7.05. The van der Waals surface area contributed by atoms with Crippen molar-refractivity contribution < 1.29 is 13.6 Å². The molecule has 4 rings (SSSR count). The summed E-state index contributed by atoms with van der Waals surface area (Å²) >= 11 is 0. The van der Waals surface area contributed by atoms with Gasteiger partial charge in [-0.25, -0.2) is 8.78 Å². The normalized spacial score (nSPS) is 25.2. The summed E-state index contributed by atoms with van der Waals surface area (Å²) in [4.78, 5) is 14.8. The molecule has 2 aliphatic rings. The van der Waals surface area contributed by atoms with Crippen molar-refractivity contribution >= 4 is 11.6 Å². The monoisotopic (exact) mass is 342 g/mol. The number of carbonyl (C=O) groups excluding carboxylic acids is 1. The number of benzene rings is 2. The van der Waals surface area contributed by atoms with Crippen LogP contribution in [0.25, 0.3) is 0 Å². The van der Waals surface area contributed by atoms with E-state index in [9.17, 15) is 13.6 Å². The Hall–Kier alpha value is -2.43. The van der Waals surface area contributed by atoms with E-state index < -0.39 is 5.82 Å². The molecule has 2 N–H and O–H groups in total. The average molecular weight is 342 g/mol. The fourth-order valence-electron chi connectivity index (χ4n) is 4.32. The lowest BCUT2D eigenvalue weighted by Crippen LogP contribution is -2.46. The second kappa shape index (κ2) is 6.14. The third kappa shape index (κ3) is 2.88. The highest BCUT2D eigenvalue weighted by Gasteiger charge is 2.43. The zero-order chi connectivity index (χ0) is 17.6. The zero-order valence-electron chi connectivity index (χ0n) is 13.8. The van der Waals surface area contributed by atoms with E-state index in [1.54, 1.807) is 6.07 Å². The number of piperidine rings is 1. The lowest BCUT2D eigenvalue weighted by Gasteiger charge is -2.39. The van der Waals surface area contributed by atoms with Gasteiger partial charge in [0.05, 0.1) is 5.69 Å². The van der Waals surface area contributed by atoms with Gasteiger partial charge >= 0.3 is 0 Å². The minimum absolute atomic E-state index is 0.0505. The molecule has 1 amide bonds. The van der Waals surface area contributed by atoms with Crippen molar-refractivity contribution in [3.63, 3.8) is 0 Å². The van der Waals surface area contributed by atoms with Gasteiger partial charge < -0.3 is 10.6 Å². The van der Waals surface area contributed by atoms with Gasteiger partial charge in [-0.3, -0.25) is 4.79 Å². The van der Waals surface area contributed by atoms with Gasteiger partial charge in [-0.2, -0.15) is 0 Å². The van der Waals surface area contributed by atoms with Gasteiger partial charge in [-0.05, 0) is 67.5 Å². The molecule has 0 aromatic heterocycles. The molecule has 0 radical (unpaired) electrons. The van der Waals surface area contributed by atoms with Crippen molar-refractivity contribution in [3.8, 4) is 0 Å². The van der Waals surface area contributed by atoms with E-state index in [4.69, 9.17) is 5.73 Å². The first-order chi connectivity index (χ1) is 12.0. The largest absolute Gasteiger partial charge is 0.396 e. The van der Waals surface area contributed by atoms with Crippen LogP contribution in [0.15, 0.2) is 42.5 Å². The number of amides is 1. The highest BCUT2D eigenvalue weighted by atomic mass is 19.1. The van der Waals surface area contributed by atoms with E-state index in [1.807, 2.05) is 17.0 Å². The molecule has 2 saturated heterocycles. The molecule has 0 spiro atoms. The molecule has 2 aliphatic heterocycles. The summed E-state index contributed by atoms with van der Waals surface area (Å²) in [5.74, 6) is -0.571. The number of nitrogens with zero attached hydrogens (tertiary/aromatic N) is 1. The summed E-state index contributed by atoms with van der Waals surface area (Å²) in [6.07, 6.45) is 3.66. The standard InChI is InChI=1S/C20H20F2N2O/c21-15-4-1-12(2-5-15)14-9-16-6-7-17(10-14)24(16)20(25)13-3-8-19(23)18(22)11-13/h1-5,8,11,14,16-17H,6-7,9-10,23H2/t14?,16-,17+. The predicted molar refractivity (Wildman–Crippen MR) is 92.2 cm³/mol. The number of carbonyl (C=O) groups is 1. The summed E-state index contributed by atoms with van der Waals surface area (Å²) in [6, 6.07) is 11.2. The number of nitrogens with two attached hydrogens (primary N) is 1. The lowest BCUT2D eigenvalue weighted by atomic mass is 9.85. The van der Waals surface area contributed by atoms with Crippen LogP contribution in [-0.4, -0.2) is 22.9 Å². The molecule has 3 atom stereocenters. The van der Waals surface area contributed by atoms with Crippen LogP contribution >= 0.6 is 0 Å². The molecule has 1 unspecified atom stereocenters. The summed E-state index contributed by atoms with van der Waals surface area (Å²) in [7, 11) is 0. The van der Waals surface area contributed by atoms with Crippen molar-refractivity contribution in [2.75, 3.05) is 5.73 Å². The van der Waals surface area contributed by atoms with Crippen LogP contribution < -0.4 is 5.73 Å². The van der Waals surface area contributed by atoms with Gasteiger partial charge in [-0.15, -0.1) is 0 Å². The number of hydrogen-bond acceptors (Lipinski definition) is 2. The molecule has 5 heteroatoms. The zero-order valence-corrected chi connectivity index (χ0v) is 13.8. The highest BCUT2D eigenvalue weighted by Crippen LogP contribution is 2.43. The molecule has 25 heavy (non-hydrogen) atoms. The van der Waals surface area contributed by atoms with Crippen LogP contribution in [0.1, 0.15) is 47.5 Å². The van der Waals surface area contributed by atoms with E-state index in [0.717, 1.165) is 31.2 Å². The molecule has 0 saturated carbocycles. The van der Waals surface area contributed by atoms with Crippen molar-refractivity contribution in [1.82, 2.24) is 4.90 Å². The van der Waals surface area contributed by atoms with Gasteiger partial charge in [0.15, 0.2) is 0 Å². The molecule has 2 aromatic carbocycles. The van der Waals surface area contributed by atoms with E-state index in [1.165, 1.54) is 24.3 Å². The Labute approximate surface area is 145 Å². The van der Waals surface area contributed by atoms with E-state index >= 15 is 0 Å². The van der Waals surface area contributed by atoms with Gasteiger partial charge in [0.25, 0.3) is 5.91 Å². The number of fused-ring (bicyclic) bond motifs is 2. The van der Waals surface area contributed by atoms with Gasteiger partial charge in [0.1, 0.15) is 11.6 Å². The molecular weight excluding hydrogens is 322 g/mol. The van der Waals surface area contributed by atoms with E-state index in [-0.39, 0.29) is 29.5 Å². The van der Waals surface area contributed by atoms with Gasteiger partial charge in [0, 0.05) is 17.6 Å². The maximum atomic E-state index is 13.7. The minimum atomic E-state index is -0.556. The number of halogens is 2. The van der Waals surface area contributed by atoms with Crippen LogP contribution in [0.5, 0.6) is 0 Å².